The van der Waals surface area contributed by atoms with E-state index < -0.39 is 0 Å². The molecule has 3 rings (SSSR count). The minimum Gasteiger partial charge on any atom is -0.379 e. The summed E-state index contributed by atoms with van der Waals surface area (Å²) in [6.45, 7) is 4.04. The van der Waals surface area contributed by atoms with E-state index >= 15 is 0 Å². The smallest absolute Gasteiger partial charge is 0.224 e. The Hall–Kier alpha value is -1.95. The molecule has 6 heteroatoms. The van der Waals surface area contributed by atoms with Crippen molar-refractivity contribution in [3.8, 4) is 0 Å². The van der Waals surface area contributed by atoms with Crippen LogP contribution in [0, 0.1) is 5.82 Å². The molecule has 26 heavy (non-hydrogen) atoms. The normalized spacial score (nSPS) is 15.0. The van der Waals surface area contributed by atoms with Gasteiger partial charge >= 0.3 is 0 Å². The summed E-state index contributed by atoms with van der Waals surface area (Å²) in [6.07, 6.45) is 0.579. The monoisotopic (exact) mass is 376 g/mol. The molecule has 4 nitrogen and oxygen atoms in total. The largest absolute Gasteiger partial charge is 0.379 e. The first kappa shape index (κ1) is 18.8. The number of morpholine rings is 1. The molecule has 1 fully saturated rings. The lowest BCUT2D eigenvalue weighted by Gasteiger charge is -2.27. The van der Waals surface area contributed by atoms with Gasteiger partial charge in [-0.05, 0) is 35.7 Å². The molecule has 0 spiro atoms. The summed E-state index contributed by atoms with van der Waals surface area (Å²) in [4.78, 5) is 14.4. The molecule has 1 saturated heterocycles. The summed E-state index contributed by atoms with van der Waals surface area (Å²) in [5.74, 6) is -0.443. The Morgan fingerprint density at radius 2 is 1.92 bits per heavy atom. The summed E-state index contributed by atoms with van der Waals surface area (Å²) in [5.41, 5.74) is 2.22. The van der Waals surface area contributed by atoms with Crippen molar-refractivity contribution >= 4 is 23.2 Å². The zero-order valence-electron chi connectivity index (χ0n) is 14.5. The van der Waals surface area contributed by atoms with Crippen molar-refractivity contribution in [3.05, 3.63) is 64.4 Å². The number of hydrogen-bond acceptors (Lipinski definition) is 3. The Kier molecular flexibility index (Phi) is 6.61. The number of nitrogens with one attached hydrogen (secondary N) is 1. The van der Waals surface area contributed by atoms with Crippen LogP contribution in [0.25, 0.3) is 0 Å². The van der Waals surface area contributed by atoms with E-state index in [2.05, 4.69) is 10.2 Å². The van der Waals surface area contributed by atoms with Crippen LogP contribution in [0.5, 0.6) is 0 Å². The maximum Gasteiger partial charge on any atom is 0.224 e. The molecule has 0 bridgehead atoms. The Morgan fingerprint density at radius 1 is 1.15 bits per heavy atom. The van der Waals surface area contributed by atoms with E-state index in [4.69, 9.17) is 16.3 Å². The second-order valence-electron chi connectivity index (χ2n) is 6.33. The molecule has 1 heterocycles. The highest BCUT2D eigenvalue weighted by Gasteiger charge is 2.13. The van der Waals surface area contributed by atoms with Crippen molar-refractivity contribution in [2.75, 3.05) is 31.6 Å². The number of amides is 1. The zero-order valence-corrected chi connectivity index (χ0v) is 15.3. The van der Waals surface area contributed by atoms with Gasteiger partial charge in [0.25, 0.3) is 0 Å². The topological polar surface area (TPSA) is 41.6 Å². The standard InChI is InChI=1S/C20H22ClFN2O2/c21-18-13-17(7-5-16(18)14-24-9-11-26-12-10-24)23-20(25)8-6-15-3-1-2-4-19(15)22/h1-5,7,13H,6,8-12,14H2,(H,23,25). The minimum atomic E-state index is -0.282. The summed E-state index contributed by atoms with van der Waals surface area (Å²) in [6, 6.07) is 12.0. The van der Waals surface area contributed by atoms with Crippen LogP contribution >= 0.6 is 11.6 Å². The van der Waals surface area contributed by atoms with Gasteiger partial charge in [-0.25, -0.2) is 4.39 Å². The predicted molar refractivity (Wildman–Crippen MR) is 101 cm³/mol. The molecule has 1 aliphatic heterocycles. The number of carbonyl (C=O) groups is 1. The molecule has 1 amide bonds. The lowest BCUT2D eigenvalue weighted by Crippen LogP contribution is -2.35. The first-order valence-corrected chi connectivity index (χ1v) is 9.11. The Balaban J connectivity index is 1.53. The molecule has 1 aliphatic rings. The van der Waals surface area contributed by atoms with Crippen LogP contribution in [0.4, 0.5) is 10.1 Å². The van der Waals surface area contributed by atoms with Gasteiger partial charge in [-0.2, -0.15) is 0 Å². The van der Waals surface area contributed by atoms with Gasteiger partial charge in [-0.15, -0.1) is 0 Å². The van der Waals surface area contributed by atoms with E-state index in [1.807, 2.05) is 12.1 Å². The van der Waals surface area contributed by atoms with Gasteiger partial charge in [0.1, 0.15) is 5.82 Å². The Bertz CT molecular complexity index is 763. The highest BCUT2D eigenvalue weighted by atomic mass is 35.5. The molecule has 0 radical (unpaired) electrons. The van der Waals surface area contributed by atoms with Crippen molar-refractivity contribution in [1.29, 1.82) is 0 Å². The lowest BCUT2D eigenvalue weighted by atomic mass is 10.1. The van der Waals surface area contributed by atoms with Crippen molar-refractivity contribution in [3.63, 3.8) is 0 Å². The van der Waals surface area contributed by atoms with Crippen LogP contribution in [0.3, 0.4) is 0 Å². The van der Waals surface area contributed by atoms with Crippen molar-refractivity contribution < 1.29 is 13.9 Å². The third-order valence-electron chi connectivity index (χ3n) is 4.41. The van der Waals surface area contributed by atoms with E-state index in [1.165, 1.54) is 6.07 Å². The van der Waals surface area contributed by atoms with Crippen molar-refractivity contribution in [1.82, 2.24) is 4.90 Å². The number of hydrogen-bond donors (Lipinski definition) is 1. The number of aryl methyl sites for hydroxylation is 1. The molecule has 0 unspecified atom stereocenters. The van der Waals surface area contributed by atoms with Gasteiger partial charge in [0, 0.05) is 36.8 Å². The molecule has 138 valence electrons. The van der Waals surface area contributed by atoms with E-state index in [0.29, 0.717) is 22.7 Å². The number of benzene rings is 2. The quantitative estimate of drug-likeness (QED) is 0.831. The molecular weight excluding hydrogens is 355 g/mol. The third-order valence-corrected chi connectivity index (χ3v) is 4.77. The van der Waals surface area contributed by atoms with Crippen LogP contribution in [0.2, 0.25) is 5.02 Å². The average molecular weight is 377 g/mol. The summed E-state index contributed by atoms with van der Waals surface area (Å²) in [5, 5.41) is 3.45. The first-order chi connectivity index (χ1) is 12.6. The van der Waals surface area contributed by atoms with E-state index in [1.54, 1.807) is 24.3 Å². The molecule has 0 saturated carbocycles. The molecule has 2 aromatic carbocycles. The highest BCUT2D eigenvalue weighted by molar-refractivity contribution is 6.31. The number of halogens is 2. The van der Waals surface area contributed by atoms with Crippen LogP contribution < -0.4 is 5.32 Å². The van der Waals surface area contributed by atoms with Crippen LogP contribution in [-0.4, -0.2) is 37.1 Å². The zero-order chi connectivity index (χ0) is 18.4. The molecule has 0 atom stereocenters. The second-order valence-corrected chi connectivity index (χ2v) is 6.74. The molecule has 0 aliphatic carbocycles. The van der Waals surface area contributed by atoms with Crippen LogP contribution in [0.1, 0.15) is 17.5 Å². The third kappa shape index (κ3) is 5.27. The fourth-order valence-corrected chi connectivity index (χ4v) is 3.17. The average Bonchev–Trinajstić information content (AvgIpc) is 2.64. The summed E-state index contributed by atoms with van der Waals surface area (Å²) >= 11 is 6.37. The summed E-state index contributed by atoms with van der Waals surface area (Å²) < 4.78 is 18.9. The number of anilines is 1. The minimum absolute atomic E-state index is 0.162. The van der Waals surface area contributed by atoms with Gasteiger partial charge in [-0.1, -0.05) is 35.9 Å². The van der Waals surface area contributed by atoms with E-state index in [-0.39, 0.29) is 18.1 Å². The van der Waals surface area contributed by atoms with Crippen molar-refractivity contribution in [2.24, 2.45) is 0 Å². The maximum atomic E-state index is 13.6. The van der Waals surface area contributed by atoms with Gasteiger partial charge in [0.15, 0.2) is 0 Å². The number of carbonyl (C=O) groups excluding carboxylic acids is 1. The molecule has 0 aromatic heterocycles. The molecule has 1 N–H and O–H groups in total. The van der Waals surface area contributed by atoms with Gasteiger partial charge < -0.3 is 10.1 Å². The second kappa shape index (κ2) is 9.12. The Labute approximate surface area is 157 Å². The van der Waals surface area contributed by atoms with Crippen LogP contribution in [0.15, 0.2) is 42.5 Å². The lowest BCUT2D eigenvalue weighted by molar-refractivity contribution is -0.116. The predicted octanol–water partition coefficient (Wildman–Crippen LogP) is 3.88. The van der Waals surface area contributed by atoms with E-state index in [0.717, 1.165) is 38.4 Å². The molecule has 2 aromatic rings. The summed E-state index contributed by atoms with van der Waals surface area (Å²) in [7, 11) is 0. The van der Waals surface area contributed by atoms with Gasteiger partial charge in [0.2, 0.25) is 5.91 Å². The fraction of sp³-hybridized carbons (Fsp3) is 0.350. The Morgan fingerprint density at radius 3 is 2.65 bits per heavy atom. The number of nitrogens with zero attached hydrogens (tertiary/aromatic N) is 1. The van der Waals surface area contributed by atoms with Gasteiger partial charge in [-0.3, -0.25) is 9.69 Å². The number of rotatable bonds is 6. The SMILES string of the molecule is O=C(CCc1ccccc1F)Nc1ccc(CN2CCOCC2)c(Cl)c1. The highest BCUT2D eigenvalue weighted by Crippen LogP contribution is 2.23. The number of ether oxygens (including phenoxy) is 1. The van der Waals surface area contributed by atoms with Gasteiger partial charge in [0.05, 0.1) is 13.2 Å². The van der Waals surface area contributed by atoms with E-state index in [9.17, 15) is 9.18 Å². The fourth-order valence-electron chi connectivity index (χ4n) is 2.93. The van der Waals surface area contributed by atoms with Crippen LogP contribution in [-0.2, 0) is 22.5 Å². The molecular formula is C20H22ClFN2O2. The maximum absolute atomic E-state index is 13.6. The van der Waals surface area contributed by atoms with Crippen molar-refractivity contribution in [2.45, 2.75) is 19.4 Å². The first-order valence-electron chi connectivity index (χ1n) is 8.73.